The fraction of sp³-hybridized carbons (Fsp3) is 0. The second kappa shape index (κ2) is 6.33. The summed E-state index contributed by atoms with van der Waals surface area (Å²) in [6.07, 6.45) is 0. The summed E-state index contributed by atoms with van der Waals surface area (Å²) in [5.74, 6) is 0.921. The molecule has 0 spiro atoms. The normalized spacial score (nSPS) is 11.6. The Morgan fingerprint density at radius 2 is 1.38 bits per heavy atom. The minimum atomic E-state index is 0.921. The first kappa shape index (κ1) is 16.6. The molecule has 0 aliphatic carbocycles. The molecule has 6 rings (SSSR count). The van der Waals surface area contributed by atoms with Crippen molar-refractivity contribution in [3.8, 4) is 16.8 Å². The highest BCUT2D eigenvalue weighted by atomic mass is 79.9. The molecule has 0 N–H and O–H groups in total. The standard InChI is InChI=1S/C25H16BrN3/c26-19-13-14-21-24(16-19)29-23-12-5-4-11-22(23)28(25(29)27-21)20-10-6-9-18(15-20)17-7-2-1-3-8-17/h1-16H. The lowest BCUT2D eigenvalue weighted by atomic mass is 10.1. The van der Waals surface area contributed by atoms with Gasteiger partial charge in [0, 0.05) is 10.2 Å². The van der Waals surface area contributed by atoms with Crippen LogP contribution in [0.1, 0.15) is 0 Å². The van der Waals surface area contributed by atoms with E-state index in [-0.39, 0.29) is 0 Å². The van der Waals surface area contributed by atoms with E-state index in [4.69, 9.17) is 4.98 Å². The number of hydrogen-bond donors (Lipinski definition) is 0. The molecule has 0 atom stereocenters. The lowest BCUT2D eigenvalue weighted by Crippen LogP contribution is -1.95. The number of nitrogens with zero attached hydrogens (tertiary/aromatic N) is 3. The van der Waals surface area contributed by atoms with Gasteiger partial charge in [-0.1, -0.05) is 70.5 Å². The minimum Gasteiger partial charge on any atom is -0.278 e. The Morgan fingerprint density at radius 3 is 2.24 bits per heavy atom. The molecule has 6 aromatic rings. The van der Waals surface area contributed by atoms with E-state index in [2.05, 4.69) is 110 Å². The van der Waals surface area contributed by atoms with Crippen LogP contribution in [0.2, 0.25) is 0 Å². The summed E-state index contributed by atoms with van der Waals surface area (Å²) >= 11 is 3.61. The molecule has 29 heavy (non-hydrogen) atoms. The molecule has 0 unspecified atom stereocenters. The molecule has 0 radical (unpaired) electrons. The fourth-order valence-electron chi connectivity index (χ4n) is 4.08. The van der Waals surface area contributed by atoms with Gasteiger partial charge in [-0.3, -0.25) is 8.97 Å². The average molecular weight is 438 g/mol. The van der Waals surface area contributed by atoms with E-state index in [1.807, 2.05) is 12.1 Å². The van der Waals surface area contributed by atoms with Crippen LogP contribution < -0.4 is 0 Å². The molecular weight excluding hydrogens is 422 g/mol. The van der Waals surface area contributed by atoms with Crippen molar-refractivity contribution in [3.63, 3.8) is 0 Å². The van der Waals surface area contributed by atoms with Gasteiger partial charge in [-0.15, -0.1) is 0 Å². The van der Waals surface area contributed by atoms with Gasteiger partial charge < -0.3 is 0 Å². The molecule has 0 saturated heterocycles. The maximum Gasteiger partial charge on any atom is 0.220 e. The lowest BCUT2D eigenvalue weighted by molar-refractivity contribution is 1.11. The third-order valence-electron chi connectivity index (χ3n) is 5.37. The zero-order valence-corrected chi connectivity index (χ0v) is 17.0. The topological polar surface area (TPSA) is 22.2 Å². The van der Waals surface area contributed by atoms with E-state index in [1.54, 1.807) is 0 Å². The third kappa shape index (κ3) is 2.53. The molecule has 2 aromatic heterocycles. The number of para-hydroxylation sites is 2. The molecule has 0 saturated carbocycles. The summed E-state index contributed by atoms with van der Waals surface area (Å²) in [6, 6.07) is 33.8. The SMILES string of the molecule is Brc1ccc2nc3n(-c4cccc(-c5ccccc5)c4)c4ccccc4n3c2c1. The van der Waals surface area contributed by atoms with E-state index >= 15 is 0 Å². The van der Waals surface area contributed by atoms with Crippen LogP contribution in [0.3, 0.4) is 0 Å². The number of benzene rings is 4. The van der Waals surface area contributed by atoms with E-state index < -0.39 is 0 Å². The van der Waals surface area contributed by atoms with Crippen LogP contribution in [0.4, 0.5) is 0 Å². The zero-order valence-electron chi connectivity index (χ0n) is 15.5. The van der Waals surface area contributed by atoms with Crippen molar-refractivity contribution in [2.45, 2.75) is 0 Å². The number of imidazole rings is 2. The van der Waals surface area contributed by atoms with Gasteiger partial charge in [-0.25, -0.2) is 4.98 Å². The Labute approximate surface area is 176 Å². The van der Waals surface area contributed by atoms with Gasteiger partial charge in [0.05, 0.1) is 22.1 Å². The number of rotatable bonds is 2. The molecule has 0 aliphatic rings. The molecule has 4 aromatic carbocycles. The summed E-state index contributed by atoms with van der Waals surface area (Å²) in [6.45, 7) is 0. The monoisotopic (exact) mass is 437 g/mol. The summed E-state index contributed by atoms with van der Waals surface area (Å²) < 4.78 is 5.54. The number of aromatic nitrogens is 3. The second-order valence-corrected chi connectivity index (χ2v) is 8.04. The van der Waals surface area contributed by atoms with Crippen LogP contribution in [0.5, 0.6) is 0 Å². The maximum atomic E-state index is 4.98. The van der Waals surface area contributed by atoms with Crippen LogP contribution in [0, 0.1) is 0 Å². The largest absolute Gasteiger partial charge is 0.278 e. The van der Waals surface area contributed by atoms with E-state index in [0.717, 1.165) is 38.0 Å². The van der Waals surface area contributed by atoms with Crippen molar-refractivity contribution in [2.24, 2.45) is 0 Å². The maximum absolute atomic E-state index is 4.98. The Hall–Kier alpha value is -3.37. The number of halogens is 1. The Balaban J connectivity index is 1.70. The van der Waals surface area contributed by atoms with Crippen LogP contribution >= 0.6 is 15.9 Å². The highest BCUT2D eigenvalue weighted by Crippen LogP contribution is 2.31. The van der Waals surface area contributed by atoms with Crippen LogP contribution in [0.15, 0.2) is 102 Å². The van der Waals surface area contributed by atoms with Crippen molar-refractivity contribution >= 4 is 43.8 Å². The Morgan fingerprint density at radius 1 is 0.621 bits per heavy atom. The predicted molar refractivity (Wildman–Crippen MR) is 123 cm³/mol. The van der Waals surface area contributed by atoms with Gasteiger partial charge in [0.15, 0.2) is 0 Å². The molecule has 2 heterocycles. The van der Waals surface area contributed by atoms with Gasteiger partial charge in [0.1, 0.15) is 0 Å². The van der Waals surface area contributed by atoms with Gasteiger partial charge in [0.25, 0.3) is 0 Å². The first-order chi connectivity index (χ1) is 14.3. The van der Waals surface area contributed by atoms with Gasteiger partial charge in [-0.2, -0.15) is 0 Å². The van der Waals surface area contributed by atoms with Crippen molar-refractivity contribution in [3.05, 3.63) is 102 Å². The third-order valence-corrected chi connectivity index (χ3v) is 5.87. The Kier molecular flexibility index (Phi) is 3.61. The fourth-order valence-corrected chi connectivity index (χ4v) is 4.43. The highest BCUT2D eigenvalue weighted by molar-refractivity contribution is 9.10. The molecular formula is C25H16BrN3. The molecule has 3 nitrogen and oxygen atoms in total. The van der Waals surface area contributed by atoms with Gasteiger partial charge in [0.2, 0.25) is 5.78 Å². The van der Waals surface area contributed by atoms with Gasteiger partial charge >= 0.3 is 0 Å². The first-order valence-electron chi connectivity index (χ1n) is 9.53. The summed E-state index contributed by atoms with van der Waals surface area (Å²) in [4.78, 5) is 4.98. The van der Waals surface area contributed by atoms with E-state index in [0.29, 0.717) is 0 Å². The summed E-state index contributed by atoms with van der Waals surface area (Å²) in [7, 11) is 0. The van der Waals surface area contributed by atoms with Crippen molar-refractivity contribution < 1.29 is 0 Å². The van der Waals surface area contributed by atoms with E-state index in [9.17, 15) is 0 Å². The smallest absolute Gasteiger partial charge is 0.220 e. The first-order valence-corrected chi connectivity index (χ1v) is 10.3. The average Bonchev–Trinajstić information content (AvgIpc) is 3.28. The van der Waals surface area contributed by atoms with Crippen LogP contribution in [-0.4, -0.2) is 14.0 Å². The molecule has 0 bridgehead atoms. The number of fused-ring (bicyclic) bond motifs is 5. The molecule has 0 amide bonds. The highest BCUT2D eigenvalue weighted by Gasteiger charge is 2.17. The summed E-state index contributed by atoms with van der Waals surface area (Å²) in [5.41, 5.74) is 7.88. The molecule has 0 fully saturated rings. The zero-order chi connectivity index (χ0) is 19.4. The van der Waals surface area contributed by atoms with Crippen LogP contribution in [0.25, 0.3) is 44.7 Å². The second-order valence-electron chi connectivity index (χ2n) is 7.12. The lowest BCUT2D eigenvalue weighted by Gasteiger charge is -2.08. The summed E-state index contributed by atoms with van der Waals surface area (Å²) in [5, 5.41) is 0. The van der Waals surface area contributed by atoms with Crippen molar-refractivity contribution in [1.82, 2.24) is 14.0 Å². The number of hydrogen-bond acceptors (Lipinski definition) is 1. The minimum absolute atomic E-state index is 0.921. The van der Waals surface area contributed by atoms with Gasteiger partial charge in [-0.05, 0) is 53.6 Å². The quantitative estimate of drug-likeness (QED) is 0.290. The Bertz CT molecular complexity index is 1510. The van der Waals surface area contributed by atoms with Crippen molar-refractivity contribution in [1.29, 1.82) is 0 Å². The van der Waals surface area contributed by atoms with Crippen molar-refractivity contribution in [2.75, 3.05) is 0 Å². The van der Waals surface area contributed by atoms with Crippen LogP contribution in [-0.2, 0) is 0 Å². The predicted octanol–water partition coefficient (Wildman–Crippen LogP) is 6.86. The molecule has 4 heteroatoms. The molecule has 138 valence electrons. The van der Waals surface area contributed by atoms with E-state index in [1.165, 1.54) is 11.1 Å². The molecule has 0 aliphatic heterocycles.